The first kappa shape index (κ1) is 24.3. The Kier molecular flexibility index (Phi) is 6.31. The molecule has 0 aliphatic carbocycles. The summed E-state index contributed by atoms with van der Waals surface area (Å²) >= 11 is 5.84. The fourth-order valence-corrected chi connectivity index (χ4v) is 4.02. The molecular formula is C27H16ClF3N2O4. The van der Waals surface area contributed by atoms with E-state index in [-0.39, 0.29) is 23.5 Å². The molecule has 1 N–H and O–H groups in total. The number of hydrogen-bond donors (Lipinski definition) is 1. The lowest BCUT2D eigenvalue weighted by Gasteiger charge is -2.09. The Bertz CT molecular complexity index is 1670. The van der Waals surface area contributed by atoms with Crippen LogP contribution in [0, 0.1) is 0 Å². The van der Waals surface area contributed by atoms with Crippen molar-refractivity contribution in [3.63, 3.8) is 0 Å². The third kappa shape index (κ3) is 5.12. The Hall–Kier alpha value is -4.37. The Morgan fingerprint density at radius 3 is 2.43 bits per heavy atom. The highest BCUT2D eigenvalue weighted by molar-refractivity contribution is 6.30. The van der Waals surface area contributed by atoms with Gasteiger partial charge < -0.3 is 9.15 Å². The maximum absolute atomic E-state index is 13.6. The normalized spacial score (nSPS) is 11.6. The van der Waals surface area contributed by atoms with Crippen LogP contribution in [0.25, 0.3) is 22.1 Å². The van der Waals surface area contributed by atoms with E-state index in [4.69, 9.17) is 20.8 Å². The number of carbonyl (C=O) groups excluding carboxylic acids is 1. The molecule has 0 atom stereocenters. The van der Waals surface area contributed by atoms with Gasteiger partial charge in [-0.1, -0.05) is 41.9 Å². The van der Waals surface area contributed by atoms with Crippen LogP contribution in [0.2, 0.25) is 5.02 Å². The number of aromatic nitrogens is 2. The summed E-state index contributed by atoms with van der Waals surface area (Å²) in [5.41, 5.74) is 0.494. The second kappa shape index (κ2) is 9.59. The van der Waals surface area contributed by atoms with E-state index in [9.17, 15) is 22.8 Å². The first-order chi connectivity index (χ1) is 17.7. The number of fused-ring (bicyclic) bond motifs is 1. The van der Waals surface area contributed by atoms with Crippen molar-refractivity contribution in [3.8, 4) is 17.1 Å². The molecule has 0 aliphatic rings. The van der Waals surface area contributed by atoms with Crippen molar-refractivity contribution in [2.75, 3.05) is 0 Å². The summed E-state index contributed by atoms with van der Waals surface area (Å²) in [4.78, 5) is 24.8. The molecular weight excluding hydrogens is 509 g/mol. The van der Waals surface area contributed by atoms with Gasteiger partial charge in [-0.2, -0.15) is 18.3 Å². The number of halogens is 4. The van der Waals surface area contributed by atoms with Gasteiger partial charge in [-0.15, -0.1) is 0 Å². The van der Waals surface area contributed by atoms with Crippen molar-refractivity contribution in [2.45, 2.75) is 12.6 Å². The molecule has 0 aliphatic heterocycles. The van der Waals surface area contributed by atoms with E-state index in [0.29, 0.717) is 32.6 Å². The van der Waals surface area contributed by atoms with Crippen LogP contribution in [0.15, 0.2) is 88.1 Å². The van der Waals surface area contributed by atoms with E-state index in [1.807, 2.05) is 0 Å². The van der Waals surface area contributed by atoms with E-state index >= 15 is 0 Å². The molecule has 5 rings (SSSR count). The fraction of sp³-hybridized carbons (Fsp3) is 0.0741. The van der Waals surface area contributed by atoms with Gasteiger partial charge in [0.1, 0.15) is 17.1 Å². The average molecular weight is 525 g/mol. The van der Waals surface area contributed by atoms with Crippen molar-refractivity contribution < 1.29 is 27.1 Å². The van der Waals surface area contributed by atoms with E-state index in [2.05, 4.69) is 10.2 Å². The molecule has 2 aromatic heterocycles. The largest absolute Gasteiger partial charge is 0.451 e. The zero-order valence-electron chi connectivity index (χ0n) is 18.8. The van der Waals surface area contributed by atoms with Crippen LogP contribution in [0.4, 0.5) is 13.2 Å². The van der Waals surface area contributed by atoms with Crippen LogP contribution >= 0.6 is 11.6 Å². The van der Waals surface area contributed by atoms with Gasteiger partial charge in [0.2, 0.25) is 5.76 Å². The van der Waals surface area contributed by atoms with Crippen molar-refractivity contribution in [1.29, 1.82) is 0 Å². The van der Waals surface area contributed by atoms with Crippen molar-refractivity contribution >= 4 is 28.3 Å². The molecule has 6 nitrogen and oxygen atoms in total. The van der Waals surface area contributed by atoms with Crippen LogP contribution in [0.1, 0.15) is 27.4 Å². The van der Waals surface area contributed by atoms with Gasteiger partial charge in [0.25, 0.3) is 5.56 Å². The predicted octanol–water partition coefficient (Wildman–Crippen LogP) is 6.67. The third-order valence-electron chi connectivity index (χ3n) is 5.59. The minimum atomic E-state index is -4.92. The number of aromatic amines is 1. The Balaban J connectivity index is 1.43. The number of H-pyrrole nitrogens is 1. The number of benzene rings is 3. The molecule has 0 fully saturated rings. The monoisotopic (exact) mass is 524 g/mol. The zero-order chi connectivity index (χ0) is 26.2. The van der Waals surface area contributed by atoms with Gasteiger partial charge in [0, 0.05) is 22.4 Å². The van der Waals surface area contributed by atoms with Gasteiger partial charge in [-0.3, -0.25) is 4.79 Å². The number of furan rings is 1. The molecule has 0 saturated carbocycles. The Morgan fingerprint density at radius 1 is 0.973 bits per heavy atom. The van der Waals surface area contributed by atoms with E-state index < -0.39 is 23.5 Å². The third-order valence-corrected chi connectivity index (χ3v) is 5.85. The molecule has 2 heterocycles. The van der Waals surface area contributed by atoms with Gasteiger partial charge in [-0.05, 0) is 54.1 Å². The maximum Gasteiger partial charge on any atom is 0.450 e. The zero-order valence-corrected chi connectivity index (χ0v) is 19.6. The Labute approximate surface area is 212 Å². The highest BCUT2D eigenvalue weighted by Crippen LogP contribution is 2.38. The number of nitrogens with one attached hydrogen (secondary N) is 1. The minimum absolute atomic E-state index is 0.0404. The summed E-state index contributed by atoms with van der Waals surface area (Å²) < 4.78 is 51.2. The highest BCUT2D eigenvalue weighted by atomic mass is 35.5. The number of esters is 1. The van der Waals surface area contributed by atoms with Crippen molar-refractivity contribution in [2.24, 2.45) is 0 Å². The van der Waals surface area contributed by atoms with Gasteiger partial charge in [0.15, 0.2) is 0 Å². The molecule has 0 unspecified atom stereocenters. The molecule has 0 amide bonds. The molecule has 3 aromatic carbocycles. The lowest BCUT2D eigenvalue weighted by molar-refractivity contribution is -0.153. The first-order valence-corrected chi connectivity index (χ1v) is 11.3. The lowest BCUT2D eigenvalue weighted by atomic mass is 10.0. The van der Waals surface area contributed by atoms with Crippen LogP contribution < -0.4 is 10.3 Å². The number of carbonyl (C=O) groups is 1. The van der Waals surface area contributed by atoms with E-state index in [1.54, 1.807) is 36.4 Å². The molecule has 0 radical (unpaired) electrons. The minimum Gasteiger partial charge on any atom is -0.451 e. The van der Waals surface area contributed by atoms with Crippen molar-refractivity contribution in [3.05, 3.63) is 117 Å². The molecule has 37 heavy (non-hydrogen) atoms. The summed E-state index contributed by atoms with van der Waals surface area (Å²) in [6, 6.07) is 20.2. The summed E-state index contributed by atoms with van der Waals surface area (Å²) in [6.07, 6.45) is -4.64. The predicted molar refractivity (Wildman–Crippen MR) is 131 cm³/mol. The molecule has 10 heteroatoms. The van der Waals surface area contributed by atoms with E-state index in [1.165, 1.54) is 36.4 Å². The summed E-state index contributed by atoms with van der Waals surface area (Å²) in [7, 11) is 0. The summed E-state index contributed by atoms with van der Waals surface area (Å²) in [6.45, 7) is 0. The van der Waals surface area contributed by atoms with Crippen LogP contribution in [-0.2, 0) is 12.6 Å². The quantitative estimate of drug-likeness (QED) is 0.205. The molecule has 186 valence electrons. The van der Waals surface area contributed by atoms with Gasteiger partial charge >= 0.3 is 12.1 Å². The smallest absolute Gasteiger partial charge is 0.450 e. The fourth-order valence-electron chi connectivity index (χ4n) is 3.89. The number of alkyl halides is 3. The second-order valence-electron chi connectivity index (χ2n) is 8.12. The van der Waals surface area contributed by atoms with Crippen LogP contribution in [0.3, 0.4) is 0 Å². The van der Waals surface area contributed by atoms with Crippen LogP contribution in [0.5, 0.6) is 5.75 Å². The van der Waals surface area contributed by atoms with Gasteiger partial charge in [0.05, 0.1) is 11.1 Å². The van der Waals surface area contributed by atoms with Gasteiger partial charge in [-0.25, -0.2) is 9.89 Å². The molecule has 0 bridgehead atoms. The first-order valence-electron chi connectivity index (χ1n) is 10.9. The number of nitrogens with zero attached hydrogens (tertiary/aromatic N) is 1. The highest BCUT2D eigenvalue weighted by Gasteiger charge is 2.41. The second-order valence-corrected chi connectivity index (χ2v) is 8.55. The maximum atomic E-state index is 13.6. The van der Waals surface area contributed by atoms with E-state index in [0.717, 1.165) is 6.07 Å². The van der Waals surface area contributed by atoms with Crippen molar-refractivity contribution in [1.82, 2.24) is 10.2 Å². The summed E-state index contributed by atoms with van der Waals surface area (Å²) in [5.74, 6) is -2.79. The summed E-state index contributed by atoms with van der Waals surface area (Å²) in [5, 5.41) is 8.12. The average Bonchev–Trinajstić information content (AvgIpc) is 3.33. The lowest BCUT2D eigenvalue weighted by Crippen LogP contribution is -2.15. The Morgan fingerprint density at radius 2 is 1.70 bits per heavy atom. The van der Waals surface area contributed by atoms with Crippen LogP contribution in [-0.4, -0.2) is 16.2 Å². The number of hydrogen-bond acceptors (Lipinski definition) is 5. The topological polar surface area (TPSA) is 85.2 Å². The standard InChI is InChI=1S/C27H16ClF3N2O4/c28-17-10-8-16(9-11-17)23-14-21(24(37-23)27(29,30)31)26(35)36-18-5-3-4-15(12-18)13-22-19-6-1-2-7-20(19)25(34)33-32-22/h1-12,14H,13H2,(H,33,34). The number of rotatable bonds is 5. The SMILES string of the molecule is O=C(Oc1cccc(Cc2n[nH]c(=O)c3ccccc23)c1)c1cc(-c2ccc(Cl)cc2)oc1C(F)(F)F. The molecule has 0 spiro atoms. The number of ether oxygens (including phenoxy) is 1. The molecule has 0 saturated heterocycles. The molecule has 5 aromatic rings.